The fourth-order valence-electron chi connectivity index (χ4n) is 1.02. The van der Waals surface area contributed by atoms with Gasteiger partial charge in [0.05, 0.1) is 13.2 Å². The van der Waals surface area contributed by atoms with Gasteiger partial charge in [-0.3, -0.25) is 0 Å². The number of rotatable bonds is 9. The predicted molar refractivity (Wildman–Crippen MR) is 58.5 cm³/mol. The lowest BCUT2D eigenvalue weighted by molar-refractivity contribution is 0.174. The molecule has 0 saturated carbocycles. The lowest BCUT2D eigenvalue weighted by Crippen LogP contribution is -2.35. The van der Waals surface area contributed by atoms with E-state index >= 15 is 0 Å². The minimum absolute atomic E-state index is 0.469. The van der Waals surface area contributed by atoms with Crippen LogP contribution in [0.4, 0.5) is 0 Å². The molecule has 0 aliphatic heterocycles. The molecule has 0 aromatic rings. The van der Waals surface area contributed by atoms with Crippen LogP contribution in [0.5, 0.6) is 0 Å². The maximum Gasteiger partial charge on any atom is 0.0623 e. The minimum Gasteiger partial charge on any atom is -0.384 e. The normalized spacial score (nSPS) is 13.2. The van der Waals surface area contributed by atoms with Gasteiger partial charge in [0.1, 0.15) is 0 Å². The molecule has 1 atom stereocenters. The first kappa shape index (κ1) is 13.2. The van der Waals surface area contributed by atoms with Gasteiger partial charge in [-0.2, -0.15) is 11.8 Å². The summed E-state index contributed by atoms with van der Waals surface area (Å²) in [6.45, 7) is 4.73. The van der Waals surface area contributed by atoms with E-state index in [1.165, 1.54) is 0 Å². The Morgan fingerprint density at radius 2 is 2.08 bits per heavy atom. The Labute approximate surface area is 85.6 Å². The van der Waals surface area contributed by atoms with Gasteiger partial charge in [-0.15, -0.1) is 0 Å². The van der Waals surface area contributed by atoms with Crippen LogP contribution in [-0.4, -0.2) is 51.5 Å². The SMILES string of the molecule is CCNC(COC)CSCCOC. The van der Waals surface area contributed by atoms with Crippen molar-refractivity contribution in [1.29, 1.82) is 0 Å². The number of nitrogens with one attached hydrogen (secondary N) is 1. The Hall–Kier alpha value is 0.230. The number of thioether (sulfide) groups is 1. The molecule has 1 N–H and O–H groups in total. The van der Waals surface area contributed by atoms with Gasteiger partial charge >= 0.3 is 0 Å². The zero-order chi connectivity index (χ0) is 9.94. The summed E-state index contributed by atoms with van der Waals surface area (Å²) >= 11 is 1.90. The number of hydrogen-bond acceptors (Lipinski definition) is 4. The Morgan fingerprint density at radius 1 is 1.31 bits per heavy atom. The Kier molecular flexibility index (Phi) is 10.5. The second-order valence-corrected chi connectivity index (χ2v) is 3.93. The first-order chi connectivity index (χ1) is 6.35. The lowest BCUT2D eigenvalue weighted by atomic mass is 10.3. The zero-order valence-corrected chi connectivity index (χ0v) is 9.65. The van der Waals surface area contributed by atoms with Crippen LogP contribution in [0, 0.1) is 0 Å². The molecule has 13 heavy (non-hydrogen) atoms. The van der Waals surface area contributed by atoms with Crippen molar-refractivity contribution in [2.75, 3.05) is 45.5 Å². The van der Waals surface area contributed by atoms with Crippen molar-refractivity contribution in [1.82, 2.24) is 5.32 Å². The molecule has 0 heterocycles. The second-order valence-electron chi connectivity index (χ2n) is 2.78. The van der Waals surface area contributed by atoms with Crippen LogP contribution in [0.2, 0.25) is 0 Å². The smallest absolute Gasteiger partial charge is 0.0623 e. The molecule has 0 bridgehead atoms. The van der Waals surface area contributed by atoms with E-state index in [1.54, 1.807) is 14.2 Å². The summed E-state index contributed by atoms with van der Waals surface area (Å²) in [5.41, 5.74) is 0. The van der Waals surface area contributed by atoms with E-state index in [0.29, 0.717) is 6.04 Å². The van der Waals surface area contributed by atoms with Crippen LogP contribution in [0.1, 0.15) is 6.92 Å². The standard InChI is InChI=1S/C9H21NO2S/c1-4-10-9(7-12-3)8-13-6-5-11-2/h9-10H,4-8H2,1-3H3. The highest BCUT2D eigenvalue weighted by Gasteiger charge is 2.05. The van der Waals surface area contributed by atoms with E-state index in [9.17, 15) is 0 Å². The Balaban J connectivity index is 3.33. The summed E-state index contributed by atoms with van der Waals surface area (Å²) in [6, 6.07) is 0.469. The third kappa shape index (κ3) is 8.56. The van der Waals surface area contributed by atoms with Crippen LogP contribution in [0.3, 0.4) is 0 Å². The van der Waals surface area contributed by atoms with E-state index in [-0.39, 0.29) is 0 Å². The molecule has 0 radical (unpaired) electrons. The van der Waals surface area contributed by atoms with Crippen molar-refractivity contribution in [3.63, 3.8) is 0 Å². The average Bonchev–Trinajstić information content (AvgIpc) is 2.13. The quantitative estimate of drug-likeness (QED) is 0.571. The topological polar surface area (TPSA) is 30.5 Å². The van der Waals surface area contributed by atoms with E-state index in [4.69, 9.17) is 9.47 Å². The monoisotopic (exact) mass is 207 g/mol. The fraction of sp³-hybridized carbons (Fsp3) is 1.00. The molecule has 0 aromatic heterocycles. The molecule has 0 fully saturated rings. The van der Waals surface area contributed by atoms with Crippen LogP contribution in [0.25, 0.3) is 0 Å². The summed E-state index contributed by atoms with van der Waals surface area (Å²) in [4.78, 5) is 0. The van der Waals surface area contributed by atoms with Crippen molar-refractivity contribution in [2.24, 2.45) is 0 Å². The Morgan fingerprint density at radius 3 is 2.62 bits per heavy atom. The third-order valence-electron chi connectivity index (χ3n) is 1.61. The van der Waals surface area contributed by atoms with Gasteiger partial charge in [-0.05, 0) is 6.54 Å². The largest absolute Gasteiger partial charge is 0.384 e. The molecule has 0 aliphatic rings. The van der Waals surface area contributed by atoms with Crippen molar-refractivity contribution < 1.29 is 9.47 Å². The summed E-state index contributed by atoms with van der Waals surface area (Å²) in [6.07, 6.45) is 0. The lowest BCUT2D eigenvalue weighted by Gasteiger charge is -2.15. The van der Waals surface area contributed by atoms with Crippen molar-refractivity contribution in [2.45, 2.75) is 13.0 Å². The van der Waals surface area contributed by atoms with E-state index in [0.717, 1.165) is 31.3 Å². The maximum atomic E-state index is 5.11. The van der Waals surface area contributed by atoms with E-state index < -0.39 is 0 Å². The van der Waals surface area contributed by atoms with Crippen LogP contribution in [0.15, 0.2) is 0 Å². The molecule has 0 spiro atoms. The maximum absolute atomic E-state index is 5.11. The van der Waals surface area contributed by atoms with Gasteiger partial charge < -0.3 is 14.8 Å². The highest BCUT2D eigenvalue weighted by atomic mass is 32.2. The van der Waals surface area contributed by atoms with Crippen molar-refractivity contribution >= 4 is 11.8 Å². The molecule has 0 rings (SSSR count). The van der Waals surface area contributed by atoms with Gasteiger partial charge in [0.25, 0.3) is 0 Å². The average molecular weight is 207 g/mol. The number of hydrogen-bond donors (Lipinski definition) is 1. The van der Waals surface area contributed by atoms with E-state index in [2.05, 4.69) is 12.2 Å². The van der Waals surface area contributed by atoms with Gasteiger partial charge in [0, 0.05) is 31.8 Å². The fourth-order valence-corrected chi connectivity index (χ4v) is 1.97. The van der Waals surface area contributed by atoms with Crippen LogP contribution < -0.4 is 5.32 Å². The first-order valence-corrected chi connectivity index (χ1v) is 5.79. The molecule has 1 unspecified atom stereocenters. The summed E-state index contributed by atoms with van der Waals surface area (Å²) in [5.74, 6) is 2.15. The Bertz CT molecular complexity index is 97.6. The molecule has 80 valence electrons. The summed E-state index contributed by atoms with van der Waals surface area (Å²) < 4.78 is 10.1. The molecule has 0 saturated heterocycles. The second kappa shape index (κ2) is 10.3. The number of methoxy groups -OCH3 is 2. The summed E-state index contributed by atoms with van der Waals surface area (Å²) in [7, 11) is 3.47. The minimum atomic E-state index is 0.469. The van der Waals surface area contributed by atoms with Gasteiger partial charge in [-0.25, -0.2) is 0 Å². The highest BCUT2D eigenvalue weighted by Crippen LogP contribution is 2.02. The highest BCUT2D eigenvalue weighted by molar-refractivity contribution is 7.99. The molecule has 3 nitrogen and oxygen atoms in total. The van der Waals surface area contributed by atoms with Crippen LogP contribution in [-0.2, 0) is 9.47 Å². The molecular formula is C9H21NO2S. The third-order valence-corrected chi connectivity index (χ3v) is 2.70. The van der Waals surface area contributed by atoms with Gasteiger partial charge in [0.15, 0.2) is 0 Å². The number of likely N-dealkylation sites (N-methyl/N-ethyl adjacent to an activating group) is 1. The van der Waals surface area contributed by atoms with E-state index in [1.807, 2.05) is 11.8 Å². The van der Waals surface area contributed by atoms with Crippen molar-refractivity contribution in [3.8, 4) is 0 Å². The number of ether oxygens (including phenoxy) is 2. The first-order valence-electron chi connectivity index (χ1n) is 4.64. The molecule has 4 heteroatoms. The predicted octanol–water partition coefficient (Wildman–Crippen LogP) is 0.990. The molecule has 0 amide bonds. The zero-order valence-electron chi connectivity index (χ0n) is 8.84. The molecule has 0 aliphatic carbocycles. The summed E-state index contributed by atoms with van der Waals surface area (Å²) in [5, 5.41) is 3.37. The van der Waals surface area contributed by atoms with Gasteiger partial charge in [-0.1, -0.05) is 6.92 Å². The van der Waals surface area contributed by atoms with Crippen LogP contribution >= 0.6 is 11.8 Å². The molecular weight excluding hydrogens is 186 g/mol. The van der Waals surface area contributed by atoms with Crippen molar-refractivity contribution in [3.05, 3.63) is 0 Å². The van der Waals surface area contributed by atoms with Gasteiger partial charge in [0.2, 0.25) is 0 Å². The molecule has 0 aromatic carbocycles.